The van der Waals surface area contributed by atoms with Crippen molar-refractivity contribution in [3.8, 4) is 0 Å². The Hall–Kier alpha value is -1.43. The van der Waals surface area contributed by atoms with Crippen LogP contribution in [0.5, 0.6) is 0 Å². The highest BCUT2D eigenvalue weighted by Crippen LogP contribution is 2.24. The summed E-state index contributed by atoms with van der Waals surface area (Å²) >= 11 is 1.51. The zero-order valence-electron chi connectivity index (χ0n) is 13.0. The first-order chi connectivity index (χ1) is 9.95. The lowest BCUT2D eigenvalue weighted by atomic mass is 9.91. The predicted octanol–water partition coefficient (Wildman–Crippen LogP) is 2.04. The van der Waals surface area contributed by atoms with E-state index >= 15 is 0 Å². The van der Waals surface area contributed by atoms with Gasteiger partial charge in [-0.2, -0.15) is 0 Å². The van der Waals surface area contributed by atoms with Crippen molar-refractivity contribution in [1.29, 1.82) is 0 Å². The van der Waals surface area contributed by atoms with Crippen molar-refractivity contribution in [3.63, 3.8) is 0 Å². The van der Waals surface area contributed by atoms with E-state index in [2.05, 4.69) is 10.3 Å². The lowest BCUT2D eigenvalue weighted by Gasteiger charge is -2.42. The molecule has 3 unspecified atom stereocenters. The van der Waals surface area contributed by atoms with E-state index in [-0.39, 0.29) is 23.7 Å². The molecule has 0 aliphatic carbocycles. The summed E-state index contributed by atoms with van der Waals surface area (Å²) in [5.41, 5.74) is 1.75. The second kappa shape index (κ2) is 6.56. The van der Waals surface area contributed by atoms with E-state index in [4.69, 9.17) is 0 Å². The summed E-state index contributed by atoms with van der Waals surface area (Å²) in [6.45, 7) is 8.45. The summed E-state index contributed by atoms with van der Waals surface area (Å²) < 4.78 is 0. The number of nitrogens with one attached hydrogen (secondary N) is 1. The highest BCUT2D eigenvalue weighted by Gasteiger charge is 2.43. The number of carbonyl (C=O) groups excluding carboxylic acids is 2. The Balaban J connectivity index is 2.28. The molecule has 116 valence electrons. The van der Waals surface area contributed by atoms with Gasteiger partial charge in [-0.05, 0) is 11.8 Å². The van der Waals surface area contributed by atoms with Crippen LogP contribution in [0.4, 0.5) is 0 Å². The summed E-state index contributed by atoms with van der Waals surface area (Å²) in [5.74, 6) is 0.203. The molecule has 0 radical (unpaired) electrons. The molecule has 3 atom stereocenters. The molecule has 1 aliphatic rings. The average molecular weight is 309 g/mol. The number of nitrogens with zero attached hydrogens (tertiary/aromatic N) is 2. The molecule has 21 heavy (non-hydrogen) atoms. The maximum Gasteiger partial charge on any atom is 0.246 e. The first-order valence-electron chi connectivity index (χ1n) is 7.43. The van der Waals surface area contributed by atoms with Gasteiger partial charge in [-0.15, -0.1) is 11.3 Å². The molecule has 2 rings (SSSR count). The molecule has 5 nitrogen and oxygen atoms in total. The summed E-state index contributed by atoms with van der Waals surface area (Å²) in [6.07, 6.45) is 2.62. The third-order valence-corrected chi connectivity index (χ3v) is 4.87. The van der Waals surface area contributed by atoms with Crippen molar-refractivity contribution in [2.24, 2.45) is 11.8 Å². The molecule has 2 heterocycles. The summed E-state index contributed by atoms with van der Waals surface area (Å²) in [7, 11) is 0. The number of thiazole rings is 1. The van der Waals surface area contributed by atoms with Gasteiger partial charge in [0.05, 0.1) is 12.1 Å². The van der Waals surface area contributed by atoms with E-state index in [9.17, 15) is 9.59 Å². The fourth-order valence-corrected chi connectivity index (χ4v) is 3.30. The number of hydrogen-bond acceptors (Lipinski definition) is 4. The van der Waals surface area contributed by atoms with Gasteiger partial charge in [-0.1, -0.05) is 34.1 Å². The van der Waals surface area contributed by atoms with E-state index in [1.807, 2.05) is 27.7 Å². The Kier molecular flexibility index (Phi) is 4.98. The summed E-state index contributed by atoms with van der Waals surface area (Å²) in [5, 5.41) is 2.92. The van der Waals surface area contributed by atoms with Gasteiger partial charge < -0.3 is 10.2 Å². The number of aromatic nitrogens is 1. The van der Waals surface area contributed by atoms with Gasteiger partial charge in [0.2, 0.25) is 11.8 Å². The number of piperazine rings is 1. The highest BCUT2D eigenvalue weighted by molar-refractivity contribution is 7.09. The molecule has 0 aromatic carbocycles. The maximum atomic E-state index is 12.8. The van der Waals surface area contributed by atoms with Gasteiger partial charge in [0, 0.05) is 11.1 Å². The van der Waals surface area contributed by atoms with E-state index in [0.29, 0.717) is 6.54 Å². The smallest absolute Gasteiger partial charge is 0.246 e. The normalized spacial score (nSPS) is 24.3. The van der Waals surface area contributed by atoms with Crippen LogP contribution in [0.1, 0.15) is 39.0 Å². The molecular weight excluding hydrogens is 286 g/mol. The van der Waals surface area contributed by atoms with Crippen molar-refractivity contribution in [3.05, 3.63) is 16.6 Å². The summed E-state index contributed by atoms with van der Waals surface area (Å²) in [6, 6.07) is -0.815. The molecule has 0 spiro atoms. The van der Waals surface area contributed by atoms with Crippen LogP contribution in [0.2, 0.25) is 0 Å². The molecule has 1 saturated heterocycles. The minimum absolute atomic E-state index is 0.0241. The topological polar surface area (TPSA) is 62.3 Å². The first kappa shape index (κ1) is 15.9. The molecule has 1 aromatic heterocycles. The summed E-state index contributed by atoms with van der Waals surface area (Å²) in [4.78, 5) is 32.0. The Morgan fingerprint density at radius 3 is 2.62 bits per heavy atom. The van der Waals surface area contributed by atoms with E-state index in [1.54, 1.807) is 16.6 Å². The van der Waals surface area contributed by atoms with Crippen LogP contribution in [-0.4, -0.2) is 33.8 Å². The van der Waals surface area contributed by atoms with Gasteiger partial charge in [0.25, 0.3) is 0 Å². The number of rotatable bonds is 5. The first-order valence-corrected chi connectivity index (χ1v) is 8.31. The Morgan fingerprint density at radius 2 is 2.10 bits per heavy atom. The number of amides is 2. The molecule has 1 fully saturated rings. The average Bonchev–Trinajstić information content (AvgIpc) is 2.94. The van der Waals surface area contributed by atoms with Crippen molar-refractivity contribution in [2.75, 3.05) is 0 Å². The Bertz CT molecular complexity index is 501. The predicted molar refractivity (Wildman–Crippen MR) is 82.7 cm³/mol. The van der Waals surface area contributed by atoms with Gasteiger partial charge in [0.15, 0.2) is 0 Å². The van der Waals surface area contributed by atoms with Crippen LogP contribution in [0.3, 0.4) is 0 Å². The van der Waals surface area contributed by atoms with Gasteiger partial charge >= 0.3 is 0 Å². The lowest BCUT2D eigenvalue weighted by Crippen LogP contribution is -2.65. The zero-order valence-corrected chi connectivity index (χ0v) is 13.8. The van der Waals surface area contributed by atoms with Crippen molar-refractivity contribution in [2.45, 2.75) is 52.7 Å². The highest BCUT2D eigenvalue weighted by atomic mass is 32.1. The van der Waals surface area contributed by atoms with E-state index < -0.39 is 12.1 Å². The molecule has 0 saturated carbocycles. The molecule has 1 aliphatic heterocycles. The fraction of sp³-hybridized carbons (Fsp3) is 0.667. The van der Waals surface area contributed by atoms with Crippen LogP contribution >= 0.6 is 11.3 Å². The Labute approximate surface area is 129 Å². The van der Waals surface area contributed by atoms with Crippen LogP contribution in [0.15, 0.2) is 11.7 Å². The van der Waals surface area contributed by atoms with Crippen LogP contribution < -0.4 is 5.32 Å². The SMILES string of the molecule is CCC(C)C1NC(=O)C(C(C)C)N(Cc2cncs2)C1=O. The van der Waals surface area contributed by atoms with Crippen LogP contribution in [-0.2, 0) is 16.1 Å². The third-order valence-electron chi connectivity index (χ3n) is 4.11. The van der Waals surface area contributed by atoms with Crippen LogP contribution in [0.25, 0.3) is 0 Å². The van der Waals surface area contributed by atoms with Gasteiger partial charge in [-0.25, -0.2) is 0 Å². The number of hydrogen-bond donors (Lipinski definition) is 1. The largest absolute Gasteiger partial charge is 0.342 e. The van der Waals surface area contributed by atoms with Crippen molar-refractivity contribution < 1.29 is 9.59 Å². The van der Waals surface area contributed by atoms with Crippen molar-refractivity contribution in [1.82, 2.24) is 15.2 Å². The zero-order chi connectivity index (χ0) is 15.6. The second-order valence-corrected chi connectivity index (χ2v) is 6.97. The monoisotopic (exact) mass is 309 g/mol. The standard InChI is InChI=1S/C15H23N3O2S/c1-5-10(4)12-15(20)18(7-11-6-16-8-21-11)13(9(2)3)14(19)17-12/h6,8-10,12-13H,5,7H2,1-4H3,(H,17,19). The van der Waals surface area contributed by atoms with Gasteiger partial charge in [-0.3, -0.25) is 14.6 Å². The molecule has 0 bridgehead atoms. The minimum Gasteiger partial charge on any atom is -0.342 e. The van der Waals surface area contributed by atoms with Gasteiger partial charge in [0.1, 0.15) is 12.1 Å². The molecule has 1 aromatic rings. The lowest BCUT2D eigenvalue weighted by molar-refractivity contribution is -0.153. The van der Waals surface area contributed by atoms with E-state index in [1.165, 1.54) is 11.3 Å². The number of carbonyl (C=O) groups is 2. The second-order valence-electron chi connectivity index (χ2n) is 5.99. The molecule has 2 amide bonds. The maximum absolute atomic E-state index is 12.8. The molecule has 1 N–H and O–H groups in total. The van der Waals surface area contributed by atoms with E-state index in [0.717, 1.165) is 11.3 Å². The minimum atomic E-state index is -0.412. The molecular formula is C15H23N3O2S. The fourth-order valence-electron chi connectivity index (χ4n) is 2.71. The molecule has 6 heteroatoms. The third kappa shape index (κ3) is 3.26. The Morgan fingerprint density at radius 1 is 1.38 bits per heavy atom. The van der Waals surface area contributed by atoms with Crippen LogP contribution in [0, 0.1) is 11.8 Å². The quantitative estimate of drug-likeness (QED) is 0.905. The van der Waals surface area contributed by atoms with Crippen molar-refractivity contribution >= 4 is 23.2 Å².